The maximum Gasteiger partial charge on any atom is 0.244 e. The maximum atomic E-state index is 11.8. The molecule has 0 aliphatic carbocycles. The van der Waals surface area contributed by atoms with E-state index < -0.39 is 0 Å². The molecular weight excluding hydrogens is 252 g/mol. The summed E-state index contributed by atoms with van der Waals surface area (Å²) in [6.07, 6.45) is 4.03. The van der Waals surface area contributed by atoms with Crippen molar-refractivity contribution in [3.63, 3.8) is 0 Å². The molecule has 0 atom stereocenters. The van der Waals surface area contributed by atoms with Gasteiger partial charge in [-0.3, -0.25) is 9.59 Å². The van der Waals surface area contributed by atoms with Gasteiger partial charge in [-0.05, 0) is 18.2 Å². The van der Waals surface area contributed by atoms with Crippen molar-refractivity contribution < 1.29 is 9.59 Å². The van der Waals surface area contributed by atoms with E-state index in [9.17, 15) is 9.59 Å². The van der Waals surface area contributed by atoms with Crippen LogP contribution in [0.4, 0.5) is 5.69 Å². The molecule has 0 radical (unpaired) electrons. The summed E-state index contributed by atoms with van der Waals surface area (Å²) in [5.74, 6) is -0.198. The Kier molecular flexibility index (Phi) is 3.79. The van der Waals surface area contributed by atoms with Crippen LogP contribution in [0.1, 0.15) is 10.4 Å². The van der Waals surface area contributed by atoms with Gasteiger partial charge >= 0.3 is 0 Å². The van der Waals surface area contributed by atoms with E-state index in [1.165, 1.54) is 0 Å². The lowest BCUT2D eigenvalue weighted by Gasteiger charge is -2.07. The van der Waals surface area contributed by atoms with E-state index >= 15 is 0 Å². The summed E-state index contributed by atoms with van der Waals surface area (Å²) in [6, 6.07) is 8.67. The zero-order chi connectivity index (χ0) is 13.0. The number of nitrogens with one attached hydrogen (secondary N) is 1. The minimum atomic E-state index is -0.198. The number of para-hydroxylation sites is 1. The Labute approximate surface area is 109 Å². The Hall–Kier alpha value is -2.07. The molecule has 1 aromatic heterocycles. The van der Waals surface area contributed by atoms with Crippen LogP contribution >= 0.6 is 11.6 Å². The Morgan fingerprint density at radius 2 is 2.11 bits per heavy atom. The lowest BCUT2D eigenvalue weighted by molar-refractivity contribution is -0.116. The second-order valence-corrected chi connectivity index (χ2v) is 4.17. The first-order valence-corrected chi connectivity index (χ1v) is 5.72. The van der Waals surface area contributed by atoms with Gasteiger partial charge in [-0.15, -0.1) is 0 Å². The van der Waals surface area contributed by atoms with Crippen molar-refractivity contribution in [3.05, 3.63) is 53.3 Å². The highest BCUT2D eigenvalue weighted by Crippen LogP contribution is 2.20. The van der Waals surface area contributed by atoms with Crippen LogP contribution in [0.5, 0.6) is 0 Å². The minimum absolute atomic E-state index is 0.138. The normalized spacial score (nSPS) is 10.1. The van der Waals surface area contributed by atoms with Crippen molar-refractivity contribution in [2.24, 2.45) is 0 Å². The lowest BCUT2D eigenvalue weighted by Crippen LogP contribution is -2.18. The van der Waals surface area contributed by atoms with Gasteiger partial charge < -0.3 is 9.88 Å². The van der Waals surface area contributed by atoms with E-state index in [4.69, 9.17) is 11.6 Å². The molecule has 0 saturated carbocycles. The number of rotatable bonds is 4. The van der Waals surface area contributed by atoms with Crippen LogP contribution in [-0.4, -0.2) is 16.8 Å². The van der Waals surface area contributed by atoms with Gasteiger partial charge in [0.2, 0.25) is 5.91 Å². The van der Waals surface area contributed by atoms with Crippen LogP contribution in [0.25, 0.3) is 0 Å². The predicted molar refractivity (Wildman–Crippen MR) is 69.9 cm³/mol. The SMILES string of the molecule is O=Cc1ccn(CC(=O)Nc2ccccc2Cl)c1. The molecule has 0 unspecified atom stereocenters. The molecule has 0 aliphatic rings. The van der Waals surface area contributed by atoms with Crippen molar-refractivity contribution in [2.75, 3.05) is 5.32 Å². The third-order valence-corrected chi connectivity index (χ3v) is 2.71. The summed E-state index contributed by atoms with van der Waals surface area (Å²) < 4.78 is 1.63. The number of benzene rings is 1. The molecule has 2 rings (SSSR count). The smallest absolute Gasteiger partial charge is 0.244 e. The van der Waals surface area contributed by atoms with E-state index in [2.05, 4.69) is 5.32 Å². The molecule has 1 heterocycles. The molecule has 18 heavy (non-hydrogen) atoms. The van der Waals surface area contributed by atoms with Crippen molar-refractivity contribution in [1.29, 1.82) is 0 Å². The van der Waals surface area contributed by atoms with Gasteiger partial charge in [-0.25, -0.2) is 0 Å². The van der Waals surface area contributed by atoms with Crippen LogP contribution in [-0.2, 0) is 11.3 Å². The van der Waals surface area contributed by atoms with Gasteiger partial charge in [0.05, 0.1) is 10.7 Å². The standard InChI is InChI=1S/C13H11ClN2O2/c14-11-3-1-2-4-12(11)15-13(18)8-16-6-5-10(7-16)9-17/h1-7,9H,8H2,(H,15,18). The summed E-state index contributed by atoms with van der Waals surface area (Å²) >= 11 is 5.93. The fraction of sp³-hybridized carbons (Fsp3) is 0.0769. The number of aromatic nitrogens is 1. The second-order valence-electron chi connectivity index (χ2n) is 3.76. The molecular formula is C13H11ClN2O2. The largest absolute Gasteiger partial charge is 0.344 e. The molecule has 1 N–H and O–H groups in total. The van der Waals surface area contributed by atoms with E-state index in [-0.39, 0.29) is 12.5 Å². The number of nitrogens with zero attached hydrogens (tertiary/aromatic N) is 1. The maximum absolute atomic E-state index is 11.8. The summed E-state index contributed by atoms with van der Waals surface area (Å²) in [4.78, 5) is 22.3. The number of hydrogen-bond donors (Lipinski definition) is 1. The molecule has 5 heteroatoms. The number of anilines is 1. The number of carbonyl (C=O) groups is 2. The summed E-state index contributed by atoms with van der Waals surface area (Å²) in [5, 5.41) is 3.20. The van der Waals surface area contributed by atoms with Gasteiger partial charge in [-0.1, -0.05) is 23.7 Å². The van der Waals surface area contributed by atoms with Crippen molar-refractivity contribution in [2.45, 2.75) is 6.54 Å². The van der Waals surface area contributed by atoms with E-state index in [1.807, 2.05) is 0 Å². The zero-order valence-corrected chi connectivity index (χ0v) is 10.2. The fourth-order valence-electron chi connectivity index (χ4n) is 1.55. The summed E-state index contributed by atoms with van der Waals surface area (Å²) in [6.45, 7) is 0.138. The van der Waals surface area contributed by atoms with Crippen LogP contribution in [0.15, 0.2) is 42.7 Å². The lowest BCUT2D eigenvalue weighted by atomic mass is 10.3. The predicted octanol–water partition coefficient (Wildman–Crippen LogP) is 2.59. The molecule has 1 aromatic carbocycles. The van der Waals surface area contributed by atoms with Crippen LogP contribution < -0.4 is 5.32 Å². The molecule has 92 valence electrons. The molecule has 0 fully saturated rings. The zero-order valence-electron chi connectivity index (χ0n) is 9.47. The van der Waals surface area contributed by atoms with Crippen LogP contribution in [0.3, 0.4) is 0 Å². The van der Waals surface area contributed by atoms with Gasteiger partial charge in [0.1, 0.15) is 6.54 Å². The number of carbonyl (C=O) groups excluding carboxylic acids is 2. The number of amides is 1. The van der Waals surface area contributed by atoms with Crippen molar-refractivity contribution in [1.82, 2.24) is 4.57 Å². The minimum Gasteiger partial charge on any atom is -0.344 e. The Balaban J connectivity index is 2.01. The highest BCUT2D eigenvalue weighted by Gasteiger charge is 2.06. The third-order valence-electron chi connectivity index (χ3n) is 2.38. The molecule has 1 amide bonds. The topological polar surface area (TPSA) is 51.1 Å². The quantitative estimate of drug-likeness (QED) is 0.861. The van der Waals surface area contributed by atoms with Gasteiger partial charge in [0, 0.05) is 18.0 Å². The van der Waals surface area contributed by atoms with Crippen molar-refractivity contribution >= 4 is 29.5 Å². The molecule has 4 nitrogen and oxygen atoms in total. The van der Waals surface area contributed by atoms with Gasteiger partial charge in [0.15, 0.2) is 6.29 Å². The van der Waals surface area contributed by atoms with E-state index in [1.54, 1.807) is 47.3 Å². The molecule has 0 aliphatic heterocycles. The monoisotopic (exact) mass is 262 g/mol. The van der Waals surface area contributed by atoms with Gasteiger partial charge in [-0.2, -0.15) is 0 Å². The number of halogens is 1. The molecule has 0 spiro atoms. The fourth-order valence-corrected chi connectivity index (χ4v) is 1.73. The molecule has 0 saturated heterocycles. The Bertz CT molecular complexity index is 578. The highest BCUT2D eigenvalue weighted by molar-refractivity contribution is 6.33. The second kappa shape index (κ2) is 5.51. The average molecular weight is 263 g/mol. The Morgan fingerprint density at radius 1 is 1.33 bits per heavy atom. The van der Waals surface area contributed by atoms with Crippen LogP contribution in [0.2, 0.25) is 5.02 Å². The van der Waals surface area contributed by atoms with Gasteiger partial charge in [0.25, 0.3) is 0 Å². The van der Waals surface area contributed by atoms with Crippen molar-refractivity contribution in [3.8, 4) is 0 Å². The first-order valence-electron chi connectivity index (χ1n) is 5.34. The summed E-state index contributed by atoms with van der Waals surface area (Å²) in [5.41, 5.74) is 1.12. The average Bonchev–Trinajstić information content (AvgIpc) is 2.80. The van der Waals surface area contributed by atoms with E-state index in [0.29, 0.717) is 16.3 Å². The molecule has 0 bridgehead atoms. The number of aldehydes is 1. The highest BCUT2D eigenvalue weighted by atomic mass is 35.5. The Morgan fingerprint density at radius 3 is 2.78 bits per heavy atom. The van der Waals surface area contributed by atoms with E-state index in [0.717, 1.165) is 6.29 Å². The number of hydrogen-bond acceptors (Lipinski definition) is 2. The first-order chi connectivity index (χ1) is 8.69. The molecule has 2 aromatic rings. The third kappa shape index (κ3) is 2.99. The first kappa shape index (κ1) is 12.4. The van der Waals surface area contributed by atoms with Crippen LogP contribution in [0, 0.1) is 0 Å². The summed E-state index contributed by atoms with van der Waals surface area (Å²) in [7, 11) is 0.